The molecule has 0 aliphatic carbocycles. The molecule has 0 amide bonds. The first-order chi connectivity index (χ1) is 8.79. The van der Waals surface area contributed by atoms with Crippen molar-refractivity contribution in [3.63, 3.8) is 0 Å². The second-order valence-corrected chi connectivity index (χ2v) is 5.29. The van der Waals surface area contributed by atoms with E-state index in [-0.39, 0.29) is 11.5 Å². The molecular formula is C14H19NO3. The maximum atomic E-state index is 10.4. The molecule has 2 aliphatic rings. The minimum absolute atomic E-state index is 0.154. The van der Waals surface area contributed by atoms with Gasteiger partial charge in [-0.3, -0.25) is 4.98 Å². The fourth-order valence-electron chi connectivity index (χ4n) is 2.99. The van der Waals surface area contributed by atoms with Gasteiger partial charge in [-0.2, -0.15) is 0 Å². The minimum Gasteiger partial charge on any atom is -0.387 e. The van der Waals surface area contributed by atoms with Gasteiger partial charge in [-0.25, -0.2) is 0 Å². The van der Waals surface area contributed by atoms with Crippen molar-refractivity contribution in [3.05, 3.63) is 30.1 Å². The summed E-state index contributed by atoms with van der Waals surface area (Å²) >= 11 is 0. The lowest BCUT2D eigenvalue weighted by Crippen LogP contribution is -2.42. The van der Waals surface area contributed by atoms with Crippen LogP contribution in [-0.4, -0.2) is 35.5 Å². The Bertz CT molecular complexity index is 389. The Hall–Kier alpha value is -0.970. The smallest absolute Gasteiger partial charge is 0.0989 e. The highest BCUT2D eigenvalue weighted by atomic mass is 16.6. The molecule has 0 radical (unpaired) electrons. The van der Waals surface area contributed by atoms with Crippen LogP contribution in [0.3, 0.4) is 0 Å². The van der Waals surface area contributed by atoms with Crippen LogP contribution >= 0.6 is 0 Å². The molecule has 0 bridgehead atoms. The van der Waals surface area contributed by atoms with Crippen LogP contribution in [0.4, 0.5) is 0 Å². The Morgan fingerprint density at radius 1 is 1.39 bits per heavy atom. The van der Waals surface area contributed by atoms with Crippen LogP contribution in [0.5, 0.6) is 0 Å². The topological polar surface area (TPSA) is 51.6 Å². The van der Waals surface area contributed by atoms with Crippen molar-refractivity contribution in [2.24, 2.45) is 5.92 Å². The quantitative estimate of drug-likeness (QED) is 0.866. The van der Waals surface area contributed by atoms with E-state index in [1.807, 2.05) is 18.2 Å². The van der Waals surface area contributed by atoms with Crippen LogP contribution in [-0.2, 0) is 9.47 Å². The average Bonchev–Trinajstić information content (AvgIpc) is 2.87. The molecule has 18 heavy (non-hydrogen) atoms. The summed E-state index contributed by atoms with van der Waals surface area (Å²) in [6, 6.07) is 5.67. The van der Waals surface area contributed by atoms with Gasteiger partial charge in [-0.15, -0.1) is 0 Å². The van der Waals surface area contributed by atoms with E-state index in [4.69, 9.17) is 9.47 Å². The molecule has 3 unspecified atom stereocenters. The molecule has 1 N–H and O–H groups in total. The minimum atomic E-state index is -0.493. The van der Waals surface area contributed by atoms with Gasteiger partial charge in [0.25, 0.3) is 0 Å². The van der Waals surface area contributed by atoms with E-state index < -0.39 is 6.10 Å². The zero-order chi connectivity index (χ0) is 12.4. The lowest BCUT2D eigenvalue weighted by molar-refractivity contribution is -0.117. The molecule has 2 fully saturated rings. The van der Waals surface area contributed by atoms with Crippen LogP contribution in [0.15, 0.2) is 24.4 Å². The Balaban J connectivity index is 1.72. The molecule has 1 aromatic heterocycles. The van der Waals surface area contributed by atoms with Gasteiger partial charge in [-0.1, -0.05) is 6.07 Å². The third-order valence-corrected chi connectivity index (χ3v) is 4.04. The van der Waals surface area contributed by atoms with E-state index in [9.17, 15) is 5.11 Å². The van der Waals surface area contributed by atoms with E-state index in [0.29, 0.717) is 13.2 Å². The highest BCUT2D eigenvalue weighted by Crippen LogP contribution is 2.40. The number of hydrogen-bond acceptors (Lipinski definition) is 4. The molecular weight excluding hydrogens is 230 g/mol. The number of aliphatic hydroxyl groups is 1. The average molecular weight is 249 g/mol. The molecule has 2 aliphatic heterocycles. The number of nitrogens with zero attached hydrogens (tertiary/aromatic N) is 1. The zero-order valence-electron chi connectivity index (χ0n) is 10.4. The summed E-state index contributed by atoms with van der Waals surface area (Å²) in [4.78, 5) is 4.25. The second kappa shape index (κ2) is 4.96. The maximum absolute atomic E-state index is 10.4. The number of pyridine rings is 1. The molecule has 2 saturated heterocycles. The second-order valence-electron chi connectivity index (χ2n) is 5.29. The Morgan fingerprint density at radius 3 is 3.06 bits per heavy atom. The number of rotatable bonds is 2. The van der Waals surface area contributed by atoms with Crippen molar-refractivity contribution in [2.75, 3.05) is 19.8 Å². The van der Waals surface area contributed by atoms with Crippen LogP contribution in [0.25, 0.3) is 0 Å². The Morgan fingerprint density at radius 2 is 2.33 bits per heavy atom. The fourth-order valence-corrected chi connectivity index (χ4v) is 2.99. The van der Waals surface area contributed by atoms with Gasteiger partial charge in [0.2, 0.25) is 0 Å². The Labute approximate surface area is 107 Å². The van der Waals surface area contributed by atoms with Gasteiger partial charge < -0.3 is 14.6 Å². The van der Waals surface area contributed by atoms with Crippen molar-refractivity contribution in [2.45, 2.75) is 31.0 Å². The molecule has 98 valence electrons. The molecule has 4 nitrogen and oxygen atoms in total. The summed E-state index contributed by atoms with van der Waals surface area (Å²) in [5.41, 5.74) is 0.608. The summed E-state index contributed by atoms with van der Waals surface area (Å²) in [7, 11) is 0. The number of aliphatic hydroxyl groups excluding tert-OH is 1. The number of aromatic nitrogens is 1. The van der Waals surface area contributed by atoms with Crippen LogP contribution in [0, 0.1) is 5.92 Å². The first-order valence-electron chi connectivity index (χ1n) is 6.60. The molecule has 3 heterocycles. The zero-order valence-corrected chi connectivity index (χ0v) is 10.4. The van der Waals surface area contributed by atoms with Gasteiger partial charge in [0.05, 0.1) is 24.0 Å². The molecule has 1 aromatic rings. The third-order valence-electron chi connectivity index (χ3n) is 4.04. The van der Waals surface area contributed by atoms with E-state index >= 15 is 0 Å². The van der Waals surface area contributed by atoms with Crippen molar-refractivity contribution >= 4 is 0 Å². The van der Waals surface area contributed by atoms with Crippen LogP contribution in [0.2, 0.25) is 0 Å². The van der Waals surface area contributed by atoms with Crippen LogP contribution in [0.1, 0.15) is 31.1 Å². The van der Waals surface area contributed by atoms with Crippen molar-refractivity contribution in [1.82, 2.24) is 4.98 Å². The van der Waals surface area contributed by atoms with Gasteiger partial charge in [0.15, 0.2) is 0 Å². The van der Waals surface area contributed by atoms with Crippen molar-refractivity contribution in [3.8, 4) is 0 Å². The summed E-state index contributed by atoms with van der Waals surface area (Å²) in [5, 5.41) is 10.4. The van der Waals surface area contributed by atoms with Gasteiger partial charge >= 0.3 is 0 Å². The summed E-state index contributed by atoms with van der Waals surface area (Å²) in [6.07, 6.45) is 3.93. The van der Waals surface area contributed by atoms with E-state index in [1.165, 1.54) is 0 Å². The first-order valence-corrected chi connectivity index (χ1v) is 6.60. The summed E-state index contributed by atoms with van der Waals surface area (Å²) in [6.45, 7) is 2.14. The molecule has 0 aromatic carbocycles. The standard InChI is InChI=1S/C14H19NO3/c16-13(12-3-1-2-6-15-12)11-4-7-18-14(9-11)5-8-17-10-14/h1-3,6,11,13,16H,4-5,7-10H2. The largest absolute Gasteiger partial charge is 0.387 e. The highest BCUT2D eigenvalue weighted by molar-refractivity contribution is 5.09. The van der Waals surface area contributed by atoms with Crippen molar-refractivity contribution in [1.29, 1.82) is 0 Å². The number of hydrogen-bond donors (Lipinski definition) is 1. The highest BCUT2D eigenvalue weighted by Gasteiger charge is 2.43. The molecule has 3 rings (SSSR count). The molecule has 1 spiro atoms. The normalized spacial score (nSPS) is 33.7. The van der Waals surface area contributed by atoms with Gasteiger partial charge in [0, 0.05) is 25.8 Å². The molecule has 0 saturated carbocycles. The third kappa shape index (κ3) is 2.28. The van der Waals surface area contributed by atoms with E-state index in [0.717, 1.165) is 31.6 Å². The number of ether oxygens (including phenoxy) is 2. The molecule has 3 atom stereocenters. The Kier molecular flexibility index (Phi) is 3.33. The lowest BCUT2D eigenvalue weighted by atomic mass is 9.81. The molecule has 4 heteroatoms. The van der Waals surface area contributed by atoms with E-state index in [2.05, 4.69) is 4.98 Å². The lowest BCUT2D eigenvalue weighted by Gasteiger charge is -2.38. The van der Waals surface area contributed by atoms with Gasteiger partial charge in [0.1, 0.15) is 0 Å². The van der Waals surface area contributed by atoms with Gasteiger partial charge in [-0.05, 0) is 30.9 Å². The monoisotopic (exact) mass is 249 g/mol. The van der Waals surface area contributed by atoms with Crippen molar-refractivity contribution < 1.29 is 14.6 Å². The van der Waals surface area contributed by atoms with Crippen LogP contribution < -0.4 is 0 Å². The fraction of sp³-hybridized carbons (Fsp3) is 0.643. The predicted molar refractivity (Wildman–Crippen MR) is 66.0 cm³/mol. The predicted octanol–water partition coefficient (Wildman–Crippen LogP) is 1.70. The SMILES string of the molecule is OC(c1ccccn1)C1CCOC2(CCOC2)C1. The summed E-state index contributed by atoms with van der Waals surface area (Å²) in [5.74, 6) is 0.218. The van der Waals surface area contributed by atoms with E-state index in [1.54, 1.807) is 6.20 Å². The maximum Gasteiger partial charge on any atom is 0.0989 e. The first kappa shape index (κ1) is 12.1. The summed E-state index contributed by atoms with van der Waals surface area (Å²) < 4.78 is 11.3.